The van der Waals surface area contributed by atoms with Crippen molar-refractivity contribution < 1.29 is 8.78 Å². The Kier molecular flexibility index (Phi) is 4.41. The number of alkyl halides is 2. The summed E-state index contributed by atoms with van der Waals surface area (Å²) >= 11 is 0.882. The summed E-state index contributed by atoms with van der Waals surface area (Å²) in [5.41, 5.74) is 1.15. The van der Waals surface area contributed by atoms with Crippen molar-refractivity contribution in [3.63, 3.8) is 0 Å². The maximum atomic E-state index is 13.3. The molecule has 3 aliphatic rings. The fourth-order valence-electron chi connectivity index (χ4n) is 4.62. The van der Waals surface area contributed by atoms with Gasteiger partial charge in [0, 0.05) is 31.6 Å². The van der Waals surface area contributed by atoms with E-state index in [0.717, 1.165) is 78.5 Å². The van der Waals surface area contributed by atoms with Gasteiger partial charge in [-0.3, -0.25) is 4.57 Å². The predicted octanol–water partition coefficient (Wildman–Crippen LogP) is 2.91. The molecule has 2 aromatic heterocycles. The first-order valence-electron chi connectivity index (χ1n) is 10.6. The molecule has 0 atom stereocenters. The molecule has 8 nitrogen and oxygen atoms in total. The minimum absolute atomic E-state index is 0.314. The fraction of sp³-hybridized carbons (Fsp3) is 0.429. The van der Waals surface area contributed by atoms with Crippen LogP contribution in [0.4, 0.5) is 14.6 Å². The highest BCUT2D eigenvalue weighted by atomic mass is 32.1. The third-order valence-electron chi connectivity index (χ3n) is 6.36. The predicted molar refractivity (Wildman–Crippen MR) is 118 cm³/mol. The summed E-state index contributed by atoms with van der Waals surface area (Å²) in [6.07, 6.45) is -1.18. The van der Waals surface area contributed by atoms with Gasteiger partial charge in [-0.2, -0.15) is 5.26 Å². The lowest BCUT2D eigenvalue weighted by molar-refractivity contribution is 0.150. The van der Waals surface area contributed by atoms with E-state index in [1.807, 2.05) is 33.7 Å². The maximum Gasteiger partial charge on any atom is 0.291 e. The summed E-state index contributed by atoms with van der Waals surface area (Å²) in [5, 5.41) is 22.2. The zero-order valence-electron chi connectivity index (χ0n) is 17.1. The number of anilines is 1. The summed E-state index contributed by atoms with van der Waals surface area (Å²) in [6.45, 7) is 3.74. The number of aliphatic imine (C=N–C) groups is 1. The minimum Gasteiger partial charge on any atom is -0.354 e. The van der Waals surface area contributed by atoms with Crippen molar-refractivity contribution >= 4 is 33.9 Å². The number of aromatic nitrogens is 3. The molecule has 11 heteroatoms. The lowest BCUT2D eigenvalue weighted by Crippen LogP contribution is -2.49. The van der Waals surface area contributed by atoms with Crippen LogP contribution < -0.4 is 10.2 Å². The number of hydrogen-bond donors (Lipinski definition) is 1. The topological polar surface area (TPSA) is 85.4 Å². The van der Waals surface area contributed by atoms with Crippen molar-refractivity contribution in [3.05, 3.63) is 34.8 Å². The fourth-order valence-corrected chi connectivity index (χ4v) is 5.33. The van der Waals surface area contributed by atoms with Crippen LogP contribution in [0.2, 0.25) is 0 Å². The molecular weight excluding hydrogens is 434 g/mol. The van der Waals surface area contributed by atoms with E-state index >= 15 is 0 Å². The van der Waals surface area contributed by atoms with Crippen molar-refractivity contribution in [1.29, 1.82) is 5.26 Å². The van der Waals surface area contributed by atoms with Crippen LogP contribution in [0, 0.1) is 11.3 Å². The van der Waals surface area contributed by atoms with Crippen LogP contribution >= 0.6 is 11.3 Å². The lowest BCUT2D eigenvalue weighted by Gasteiger charge is -2.37. The van der Waals surface area contributed by atoms with Gasteiger partial charge in [0.15, 0.2) is 5.01 Å². The molecule has 2 aliphatic heterocycles. The van der Waals surface area contributed by atoms with Crippen LogP contribution in [-0.2, 0) is 0 Å². The highest BCUT2D eigenvalue weighted by Crippen LogP contribution is 2.49. The molecular formula is C21H20F2N8S. The quantitative estimate of drug-likeness (QED) is 0.655. The van der Waals surface area contributed by atoms with Crippen LogP contribution in [0.15, 0.2) is 29.3 Å². The number of benzene rings is 1. The van der Waals surface area contributed by atoms with Crippen molar-refractivity contribution in [2.24, 2.45) is 4.99 Å². The number of nitrogens with zero attached hydrogens (tertiary/aromatic N) is 7. The first kappa shape index (κ1) is 19.6. The summed E-state index contributed by atoms with van der Waals surface area (Å²) in [6, 6.07) is 10.3. The van der Waals surface area contributed by atoms with E-state index in [2.05, 4.69) is 26.5 Å². The van der Waals surface area contributed by atoms with Crippen LogP contribution in [0.3, 0.4) is 0 Å². The minimum atomic E-state index is -2.68. The van der Waals surface area contributed by atoms with Crippen LogP contribution in [0.25, 0.3) is 16.0 Å². The molecule has 3 aromatic rings. The highest BCUT2D eigenvalue weighted by Gasteiger charge is 2.52. The normalized spacial score (nSPS) is 19.8. The molecule has 1 saturated heterocycles. The molecule has 0 bridgehead atoms. The van der Waals surface area contributed by atoms with E-state index < -0.39 is 12.0 Å². The molecule has 0 radical (unpaired) electrons. The molecule has 32 heavy (non-hydrogen) atoms. The van der Waals surface area contributed by atoms with Gasteiger partial charge in [0.1, 0.15) is 23.9 Å². The Balaban J connectivity index is 1.62. The van der Waals surface area contributed by atoms with E-state index in [1.54, 1.807) is 0 Å². The molecule has 4 heterocycles. The molecule has 164 valence electrons. The second kappa shape index (κ2) is 7.21. The first-order chi connectivity index (χ1) is 15.6. The van der Waals surface area contributed by atoms with Gasteiger partial charge >= 0.3 is 0 Å². The Morgan fingerprint density at radius 1 is 1.16 bits per heavy atom. The zero-order chi connectivity index (χ0) is 21.9. The van der Waals surface area contributed by atoms with Crippen LogP contribution in [-0.4, -0.2) is 63.9 Å². The number of hydrogen-bond acceptors (Lipinski definition) is 8. The Hall–Kier alpha value is -3.10. The average molecular weight is 455 g/mol. The third-order valence-corrected chi connectivity index (χ3v) is 7.28. The second-order valence-electron chi connectivity index (χ2n) is 8.21. The Labute approximate surface area is 186 Å². The molecule has 1 aliphatic carbocycles. The van der Waals surface area contributed by atoms with Gasteiger partial charge in [0.25, 0.3) is 6.43 Å². The molecule has 6 rings (SSSR count). The molecule has 1 saturated carbocycles. The largest absolute Gasteiger partial charge is 0.354 e. The molecule has 2 fully saturated rings. The first-order valence-corrected chi connectivity index (χ1v) is 11.4. The summed E-state index contributed by atoms with van der Waals surface area (Å²) in [4.78, 5) is 9.23. The number of fused-ring (bicyclic) bond motifs is 3. The number of halogens is 2. The number of para-hydroxylation sites is 1. The number of piperazine rings is 1. The van der Waals surface area contributed by atoms with E-state index in [1.165, 1.54) is 0 Å². The van der Waals surface area contributed by atoms with Crippen molar-refractivity contribution in [2.45, 2.75) is 24.8 Å². The molecule has 0 spiro atoms. The lowest BCUT2D eigenvalue weighted by atomic mass is 10.1. The Morgan fingerprint density at radius 3 is 2.62 bits per heavy atom. The highest BCUT2D eigenvalue weighted by molar-refractivity contribution is 7.13. The maximum absolute atomic E-state index is 13.3. The van der Waals surface area contributed by atoms with Gasteiger partial charge in [-0.05, 0) is 18.9 Å². The second-order valence-corrected chi connectivity index (χ2v) is 9.19. The van der Waals surface area contributed by atoms with Gasteiger partial charge in [-0.15, -0.1) is 10.2 Å². The summed E-state index contributed by atoms with van der Waals surface area (Å²) in [7, 11) is 0. The van der Waals surface area contributed by atoms with Gasteiger partial charge in [-0.1, -0.05) is 29.5 Å². The number of amidine groups is 1. The van der Waals surface area contributed by atoms with Crippen LogP contribution in [0.5, 0.6) is 0 Å². The van der Waals surface area contributed by atoms with E-state index in [9.17, 15) is 14.0 Å². The third kappa shape index (κ3) is 2.83. The molecule has 0 unspecified atom stereocenters. The molecule has 0 amide bonds. The van der Waals surface area contributed by atoms with Crippen LogP contribution in [0.1, 0.15) is 29.8 Å². The standard InChI is InChI=1S/C21H20F2N8S/c22-16(23)18-27-28-20(32-18)31-14-4-2-1-3-13(14)15-17(29-9-7-25-8-10-29)26-12-30(19(15)31)21(11-24)5-6-21/h1-4,16,25H,5-10,12H2. The van der Waals surface area contributed by atoms with Crippen molar-refractivity contribution in [3.8, 4) is 11.2 Å². The van der Waals surface area contributed by atoms with Crippen molar-refractivity contribution in [1.82, 2.24) is 25.0 Å². The number of rotatable bonds is 3. The molecule has 1 N–H and O–H groups in total. The molecule has 1 aromatic carbocycles. The number of nitrogens with one attached hydrogen (secondary N) is 1. The smallest absolute Gasteiger partial charge is 0.291 e. The van der Waals surface area contributed by atoms with E-state index in [-0.39, 0.29) is 5.01 Å². The van der Waals surface area contributed by atoms with Gasteiger partial charge in [-0.25, -0.2) is 13.8 Å². The van der Waals surface area contributed by atoms with E-state index in [4.69, 9.17) is 4.99 Å². The number of nitriles is 1. The van der Waals surface area contributed by atoms with E-state index in [0.29, 0.717) is 11.8 Å². The zero-order valence-corrected chi connectivity index (χ0v) is 17.9. The summed E-state index contributed by atoms with van der Waals surface area (Å²) < 4.78 is 28.5. The monoisotopic (exact) mass is 454 g/mol. The Bertz CT molecular complexity index is 1260. The van der Waals surface area contributed by atoms with Crippen molar-refractivity contribution in [2.75, 3.05) is 37.7 Å². The SMILES string of the molecule is N#CC1(N2CN=C(N3CCNCC3)c3c2n(-c2nnc(C(F)F)s2)c2ccccc32)CC1. The Morgan fingerprint density at radius 2 is 1.94 bits per heavy atom. The summed E-state index contributed by atoms with van der Waals surface area (Å²) in [5.74, 6) is 1.69. The van der Waals surface area contributed by atoms with Gasteiger partial charge in [0.05, 0.1) is 17.1 Å². The van der Waals surface area contributed by atoms with Gasteiger partial charge < -0.3 is 15.1 Å². The average Bonchev–Trinajstić information content (AvgIpc) is 3.33. The van der Waals surface area contributed by atoms with Gasteiger partial charge in [0.2, 0.25) is 5.13 Å².